The lowest BCUT2D eigenvalue weighted by atomic mass is 9.82. The fourth-order valence-corrected chi connectivity index (χ4v) is 4.87. The molecule has 0 radical (unpaired) electrons. The Balaban J connectivity index is 1.06. The van der Waals surface area contributed by atoms with Gasteiger partial charge in [-0.1, -0.05) is 54.3 Å². The Hall–Kier alpha value is -6.34. The molecule has 0 aromatic heterocycles. The highest BCUT2D eigenvalue weighted by atomic mass is 16.5. The second-order valence-electron chi connectivity index (χ2n) is 10.4. The predicted molar refractivity (Wildman–Crippen MR) is 173 cm³/mol. The van der Waals surface area contributed by atoms with Crippen LogP contribution in [-0.2, 0) is 9.59 Å². The number of rotatable bonds is 6. The van der Waals surface area contributed by atoms with E-state index in [0.717, 1.165) is 22.3 Å². The summed E-state index contributed by atoms with van der Waals surface area (Å²) in [5, 5.41) is 8.34. The third kappa shape index (κ3) is 9.08. The van der Waals surface area contributed by atoms with E-state index in [1.165, 1.54) is 0 Å². The SMILES string of the molecule is O=C(Oc1ccc(C#Cc2ccccc2)cc1)[C@H]1CC[C@H](C(=O)Oc2ccc(-c3ccc(OC#CC#CC#CO)cc3)cc2)CC1. The largest absolute Gasteiger partial charge is 0.461 e. The second kappa shape index (κ2) is 15.9. The Bertz CT molecular complexity index is 1910. The Morgan fingerprint density at radius 1 is 0.543 bits per heavy atom. The Kier molecular flexibility index (Phi) is 10.8. The van der Waals surface area contributed by atoms with E-state index in [1.807, 2.05) is 66.7 Å². The molecule has 1 N–H and O–H groups in total. The van der Waals surface area contributed by atoms with Crippen molar-refractivity contribution in [2.24, 2.45) is 11.8 Å². The summed E-state index contributed by atoms with van der Waals surface area (Å²) in [6, 6.07) is 31.5. The molecule has 6 heteroatoms. The van der Waals surface area contributed by atoms with Crippen LogP contribution in [0.15, 0.2) is 103 Å². The molecular formula is C40H28O6. The number of aliphatic hydroxyl groups excluding tert-OH is 1. The molecule has 1 aliphatic carbocycles. The molecule has 0 saturated heterocycles. The van der Waals surface area contributed by atoms with E-state index >= 15 is 0 Å². The lowest BCUT2D eigenvalue weighted by Gasteiger charge is -2.25. The van der Waals surface area contributed by atoms with Gasteiger partial charge in [-0.25, -0.2) is 0 Å². The van der Waals surface area contributed by atoms with Crippen LogP contribution in [0, 0.1) is 59.6 Å². The number of hydrogen-bond acceptors (Lipinski definition) is 6. The molecule has 1 fully saturated rings. The van der Waals surface area contributed by atoms with Crippen molar-refractivity contribution in [1.82, 2.24) is 0 Å². The summed E-state index contributed by atoms with van der Waals surface area (Å²) in [5.41, 5.74) is 3.66. The van der Waals surface area contributed by atoms with Gasteiger partial charge in [-0.3, -0.25) is 9.59 Å². The summed E-state index contributed by atoms with van der Waals surface area (Å²) in [6.45, 7) is 0. The van der Waals surface area contributed by atoms with E-state index in [2.05, 4.69) is 41.6 Å². The summed E-state index contributed by atoms with van der Waals surface area (Å²) in [5.74, 6) is 16.0. The molecule has 0 bridgehead atoms. The number of hydrogen-bond donors (Lipinski definition) is 1. The van der Waals surface area contributed by atoms with Crippen molar-refractivity contribution >= 4 is 11.9 Å². The second-order valence-corrected chi connectivity index (χ2v) is 10.4. The highest BCUT2D eigenvalue weighted by Crippen LogP contribution is 2.32. The smallest absolute Gasteiger partial charge is 0.314 e. The highest BCUT2D eigenvalue weighted by molar-refractivity contribution is 5.78. The molecule has 5 rings (SSSR count). The lowest BCUT2D eigenvalue weighted by Crippen LogP contribution is -2.30. The van der Waals surface area contributed by atoms with Gasteiger partial charge in [-0.15, -0.1) is 0 Å². The Morgan fingerprint density at radius 2 is 1.00 bits per heavy atom. The fraction of sp³-hybridized carbons (Fsp3) is 0.150. The van der Waals surface area contributed by atoms with Gasteiger partial charge in [0.05, 0.1) is 11.8 Å². The number of benzene rings is 4. The molecule has 4 aromatic carbocycles. The molecule has 0 spiro atoms. The summed E-state index contributed by atoms with van der Waals surface area (Å²) in [6.07, 6.45) is 6.37. The first-order valence-corrected chi connectivity index (χ1v) is 14.7. The summed E-state index contributed by atoms with van der Waals surface area (Å²) < 4.78 is 16.6. The number of aliphatic hydroxyl groups is 1. The molecule has 1 saturated carbocycles. The molecular weight excluding hydrogens is 576 g/mol. The minimum Gasteiger partial charge on any atom is -0.461 e. The van der Waals surface area contributed by atoms with Crippen LogP contribution in [0.5, 0.6) is 17.2 Å². The molecule has 1 aliphatic rings. The third-order valence-electron chi connectivity index (χ3n) is 7.32. The van der Waals surface area contributed by atoms with Crippen molar-refractivity contribution in [3.05, 3.63) is 114 Å². The molecule has 0 unspecified atom stereocenters. The predicted octanol–water partition coefficient (Wildman–Crippen LogP) is 6.75. The maximum absolute atomic E-state index is 12.9. The summed E-state index contributed by atoms with van der Waals surface area (Å²) in [7, 11) is 0. The van der Waals surface area contributed by atoms with Gasteiger partial charge < -0.3 is 19.3 Å². The zero-order valence-corrected chi connectivity index (χ0v) is 24.8. The van der Waals surface area contributed by atoms with Crippen LogP contribution in [0.3, 0.4) is 0 Å². The average Bonchev–Trinajstić information content (AvgIpc) is 3.10. The molecule has 0 atom stereocenters. The van der Waals surface area contributed by atoms with Gasteiger partial charge in [0.2, 0.25) is 0 Å². The molecule has 46 heavy (non-hydrogen) atoms. The lowest BCUT2D eigenvalue weighted by molar-refractivity contribution is -0.145. The summed E-state index contributed by atoms with van der Waals surface area (Å²) in [4.78, 5) is 25.7. The van der Waals surface area contributed by atoms with Crippen molar-refractivity contribution in [3.63, 3.8) is 0 Å². The zero-order chi connectivity index (χ0) is 32.0. The molecule has 6 nitrogen and oxygen atoms in total. The minimum absolute atomic E-state index is 0.259. The van der Waals surface area contributed by atoms with Crippen LogP contribution in [0.25, 0.3) is 11.1 Å². The van der Waals surface area contributed by atoms with Gasteiger partial charge in [0.25, 0.3) is 0 Å². The van der Waals surface area contributed by atoms with Gasteiger partial charge in [0.1, 0.15) is 29.5 Å². The monoisotopic (exact) mass is 604 g/mol. The number of carbonyl (C=O) groups is 2. The number of ether oxygens (including phenoxy) is 3. The molecule has 0 heterocycles. The van der Waals surface area contributed by atoms with Crippen LogP contribution in [-0.4, -0.2) is 17.0 Å². The van der Waals surface area contributed by atoms with E-state index in [0.29, 0.717) is 42.9 Å². The van der Waals surface area contributed by atoms with Crippen LogP contribution in [0.2, 0.25) is 0 Å². The van der Waals surface area contributed by atoms with Crippen molar-refractivity contribution in [3.8, 4) is 76.1 Å². The highest BCUT2D eigenvalue weighted by Gasteiger charge is 2.32. The molecule has 0 amide bonds. The van der Waals surface area contributed by atoms with Crippen LogP contribution in [0.1, 0.15) is 36.8 Å². The topological polar surface area (TPSA) is 82.1 Å². The first-order valence-electron chi connectivity index (χ1n) is 14.7. The van der Waals surface area contributed by atoms with Crippen molar-refractivity contribution < 1.29 is 28.9 Å². The van der Waals surface area contributed by atoms with Crippen LogP contribution < -0.4 is 14.2 Å². The van der Waals surface area contributed by atoms with E-state index in [4.69, 9.17) is 19.3 Å². The Morgan fingerprint density at radius 3 is 1.52 bits per heavy atom. The standard InChI is InChI=1S/C40H28O6/c41-28-6-1-2-7-29-44-36-24-18-32(19-25-36)33-20-26-38(27-21-33)46-40(43)35-16-14-34(15-17-35)39(42)45-37-22-12-31(13-23-37)11-10-30-8-4-3-5-9-30/h3-5,8-9,12-13,18-27,34-35,41H,14-17H2/t34-,35-. The average molecular weight is 605 g/mol. The molecule has 0 aliphatic heterocycles. The minimum atomic E-state index is -0.289. The van der Waals surface area contributed by atoms with E-state index in [9.17, 15) is 9.59 Å². The van der Waals surface area contributed by atoms with E-state index < -0.39 is 0 Å². The van der Waals surface area contributed by atoms with Gasteiger partial charge in [0, 0.05) is 34.8 Å². The van der Waals surface area contributed by atoms with Gasteiger partial charge in [0.15, 0.2) is 0 Å². The number of esters is 2. The molecule has 224 valence electrons. The first kappa shape index (κ1) is 31.1. The van der Waals surface area contributed by atoms with Gasteiger partial charge in [-0.2, -0.15) is 0 Å². The van der Waals surface area contributed by atoms with Crippen LogP contribution >= 0.6 is 0 Å². The first-order chi connectivity index (χ1) is 22.6. The third-order valence-corrected chi connectivity index (χ3v) is 7.32. The zero-order valence-electron chi connectivity index (χ0n) is 24.8. The van der Waals surface area contributed by atoms with E-state index in [1.54, 1.807) is 42.5 Å². The van der Waals surface area contributed by atoms with Crippen molar-refractivity contribution in [2.45, 2.75) is 25.7 Å². The summed E-state index contributed by atoms with van der Waals surface area (Å²) >= 11 is 0. The normalized spacial score (nSPS) is 14.6. The molecule has 4 aromatic rings. The van der Waals surface area contributed by atoms with Crippen molar-refractivity contribution in [2.75, 3.05) is 0 Å². The van der Waals surface area contributed by atoms with Crippen LogP contribution in [0.4, 0.5) is 0 Å². The maximum Gasteiger partial charge on any atom is 0.314 e. The quantitative estimate of drug-likeness (QED) is 0.149. The van der Waals surface area contributed by atoms with Crippen molar-refractivity contribution in [1.29, 1.82) is 0 Å². The number of carbonyl (C=O) groups excluding carboxylic acids is 2. The van der Waals surface area contributed by atoms with E-state index in [-0.39, 0.29) is 23.8 Å². The maximum atomic E-state index is 12.9. The Labute approximate surface area is 268 Å². The van der Waals surface area contributed by atoms with Gasteiger partial charge in [-0.05, 0) is 97.5 Å². The van der Waals surface area contributed by atoms with Gasteiger partial charge >= 0.3 is 11.9 Å². The fourth-order valence-electron chi connectivity index (χ4n) is 4.87.